The predicted molar refractivity (Wildman–Crippen MR) is 94.2 cm³/mol. The van der Waals surface area contributed by atoms with Crippen molar-refractivity contribution in [1.29, 1.82) is 0 Å². The van der Waals surface area contributed by atoms with Crippen LogP contribution in [0.15, 0.2) is 72.3 Å². The second kappa shape index (κ2) is 5.67. The van der Waals surface area contributed by atoms with E-state index >= 15 is 0 Å². The van der Waals surface area contributed by atoms with E-state index in [1.165, 1.54) is 18.7 Å². The topological polar surface area (TPSA) is 104 Å². The van der Waals surface area contributed by atoms with Gasteiger partial charge in [-0.25, -0.2) is 27.3 Å². The number of rotatable bonds is 3. The molecule has 0 atom stereocenters. The van der Waals surface area contributed by atoms with Gasteiger partial charge in [0.2, 0.25) is 5.95 Å². The number of hydrogen-bond donors (Lipinski definition) is 1. The highest BCUT2D eigenvalue weighted by Gasteiger charge is 2.21. The molecule has 0 aliphatic heterocycles. The Morgan fingerprint density at radius 2 is 1.92 bits per heavy atom. The Hall–Kier alpha value is -3.26. The number of benzene rings is 2. The second-order valence-electron chi connectivity index (χ2n) is 5.40. The summed E-state index contributed by atoms with van der Waals surface area (Å²) in [4.78, 5) is 12.2. The third-order valence-corrected chi connectivity index (χ3v) is 5.51. The van der Waals surface area contributed by atoms with Crippen LogP contribution >= 0.6 is 0 Å². The minimum Gasteiger partial charge on any atom is -0.368 e. The zero-order chi connectivity index (χ0) is 17.4. The summed E-state index contributed by atoms with van der Waals surface area (Å²) in [7, 11) is -3.73. The Balaban J connectivity index is 1.91. The van der Waals surface area contributed by atoms with E-state index in [-0.39, 0.29) is 10.8 Å². The third kappa shape index (κ3) is 2.62. The van der Waals surface area contributed by atoms with Gasteiger partial charge < -0.3 is 5.73 Å². The molecule has 0 radical (unpaired) electrons. The van der Waals surface area contributed by atoms with Crippen LogP contribution in [0.3, 0.4) is 0 Å². The minimum atomic E-state index is -3.73. The lowest BCUT2D eigenvalue weighted by atomic mass is 10.0. The first kappa shape index (κ1) is 15.3. The van der Waals surface area contributed by atoms with Gasteiger partial charge in [-0.3, -0.25) is 0 Å². The van der Waals surface area contributed by atoms with Gasteiger partial charge in [-0.1, -0.05) is 24.3 Å². The Bertz CT molecular complexity index is 1170. The van der Waals surface area contributed by atoms with E-state index in [1.54, 1.807) is 36.5 Å². The van der Waals surface area contributed by atoms with Crippen molar-refractivity contribution in [2.24, 2.45) is 0 Å². The third-order valence-electron chi connectivity index (χ3n) is 3.83. The van der Waals surface area contributed by atoms with E-state index in [9.17, 15) is 8.42 Å². The summed E-state index contributed by atoms with van der Waals surface area (Å²) in [5.74, 6) is 0.198. The fourth-order valence-electron chi connectivity index (χ4n) is 2.65. The fraction of sp³-hybridized carbons (Fsp3) is 0. The molecule has 2 aromatic carbocycles. The van der Waals surface area contributed by atoms with Crippen molar-refractivity contribution in [2.45, 2.75) is 4.90 Å². The van der Waals surface area contributed by atoms with E-state index in [0.717, 1.165) is 14.9 Å². The van der Waals surface area contributed by atoms with Crippen molar-refractivity contribution in [3.05, 3.63) is 67.4 Å². The summed E-state index contributed by atoms with van der Waals surface area (Å²) < 4.78 is 26.9. The maximum Gasteiger partial charge on any atom is 0.269 e. The van der Waals surface area contributed by atoms with Gasteiger partial charge in [-0.05, 0) is 23.8 Å². The van der Waals surface area contributed by atoms with Crippen molar-refractivity contribution in [1.82, 2.24) is 18.9 Å². The summed E-state index contributed by atoms with van der Waals surface area (Å²) in [6, 6.07) is 12.3. The predicted octanol–water partition coefficient (Wildman–Crippen LogP) is 2.31. The van der Waals surface area contributed by atoms with E-state index in [1.807, 2.05) is 12.1 Å². The second-order valence-corrected chi connectivity index (χ2v) is 7.21. The summed E-state index contributed by atoms with van der Waals surface area (Å²) >= 11 is 0. The maximum atomic E-state index is 12.9. The van der Waals surface area contributed by atoms with Crippen LogP contribution in [0, 0.1) is 0 Å². The fourth-order valence-corrected chi connectivity index (χ4v) is 3.98. The van der Waals surface area contributed by atoms with Gasteiger partial charge in [0.1, 0.15) is 6.33 Å². The molecule has 0 saturated heterocycles. The van der Waals surface area contributed by atoms with E-state index in [0.29, 0.717) is 11.1 Å². The van der Waals surface area contributed by atoms with E-state index in [4.69, 9.17) is 5.73 Å². The zero-order valence-electron chi connectivity index (χ0n) is 12.9. The lowest BCUT2D eigenvalue weighted by Crippen LogP contribution is -2.12. The van der Waals surface area contributed by atoms with Gasteiger partial charge in [-0.2, -0.15) is 0 Å². The minimum absolute atomic E-state index is 0.198. The van der Waals surface area contributed by atoms with Crippen LogP contribution in [0.1, 0.15) is 0 Å². The molecule has 4 rings (SSSR count). The number of imidazole rings is 1. The monoisotopic (exact) mass is 351 g/mol. The lowest BCUT2D eigenvalue weighted by molar-refractivity contribution is 0.587. The molecule has 4 aromatic rings. The van der Waals surface area contributed by atoms with Gasteiger partial charge in [0, 0.05) is 29.5 Å². The molecule has 124 valence electrons. The summed E-state index contributed by atoms with van der Waals surface area (Å²) in [6.07, 6.45) is 5.72. The first-order chi connectivity index (χ1) is 12.1. The van der Waals surface area contributed by atoms with Gasteiger partial charge in [0.05, 0.1) is 10.4 Å². The van der Waals surface area contributed by atoms with Crippen LogP contribution in [0.4, 0.5) is 5.95 Å². The van der Waals surface area contributed by atoms with Crippen LogP contribution < -0.4 is 5.73 Å². The molecule has 8 heteroatoms. The lowest BCUT2D eigenvalue weighted by Gasteiger charge is -2.11. The maximum absolute atomic E-state index is 12.9. The average molecular weight is 351 g/mol. The highest BCUT2D eigenvalue weighted by atomic mass is 32.2. The highest BCUT2D eigenvalue weighted by Crippen LogP contribution is 2.30. The van der Waals surface area contributed by atoms with Crippen molar-refractivity contribution >= 4 is 26.9 Å². The Morgan fingerprint density at radius 1 is 1.08 bits per heavy atom. The zero-order valence-corrected chi connectivity index (χ0v) is 13.8. The standard InChI is InChI=1S/C17H13N5O2S/c18-17-20-10-13-9-12(5-6-15(13)21-17)14-3-1-2-4-16(14)25(23,24)22-8-7-19-11-22/h1-11H,(H2,18,20,21). The molecular formula is C17H13N5O2S. The molecule has 2 aromatic heterocycles. The average Bonchev–Trinajstić information content (AvgIpc) is 3.17. The smallest absolute Gasteiger partial charge is 0.269 e. The molecule has 7 nitrogen and oxygen atoms in total. The molecule has 0 amide bonds. The van der Waals surface area contributed by atoms with Gasteiger partial charge in [0.25, 0.3) is 10.0 Å². The molecule has 0 unspecified atom stereocenters. The van der Waals surface area contributed by atoms with Gasteiger partial charge in [-0.15, -0.1) is 0 Å². The molecule has 0 aliphatic rings. The van der Waals surface area contributed by atoms with Gasteiger partial charge >= 0.3 is 0 Å². The molecular weight excluding hydrogens is 338 g/mol. The molecule has 0 spiro atoms. The highest BCUT2D eigenvalue weighted by molar-refractivity contribution is 7.90. The number of aromatic nitrogens is 4. The van der Waals surface area contributed by atoms with Crippen LogP contribution in [-0.4, -0.2) is 27.3 Å². The molecule has 25 heavy (non-hydrogen) atoms. The quantitative estimate of drug-likeness (QED) is 0.607. The SMILES string of the molecule is Nc1ncc2cc(-c3ccccc3S(=O)(=O)n3ccnc3)ccc2n1. The van der Waals surface area contributed by atoms with Crippen LogP contribution in [0.25, 0.3) is 22.0 Å². The first-order valence-corrected chi connectivity index (χ1v) is 8.85. The van der Waals surface area contributed by atoms with E-state index in [2.05, 4.69) is 15.0 Å². The Kier molecular flexibility index (Phi) is 3.47. The number of anilines is 1. The van der Waals surface area contributed by atoms with Crippen molar-refractivity contribution in [2.75, 3.05) is 5.73 Å². The Morgan fingerprint density at radius 3 is 2.72 bits per heavy atom. The molecule has 2 heterocycles. The van der Waals surface area contributed by atoms with Crippen LogP contribution in [-0.2, 0) is 10.0 Å². The summed E-state index contributed by atoms with van der Waals surface area (Å²) in [6.45, 7) is 0. The first-order valence-electron chi connectivity index (χ1n) is 7.41. The number of hydrogen-bond acceptors (Lipinski definition) is 6. The molecule has 0 fully saturated rings. The van der Waals surface area contributed by atoms with Crippen molar-refractivity contribution < 1.29 is 8.42 Å². The Labute approximate surface area is 143 Å². The summed E-state index contributed by atoms with van der Waals surface area (Å²) in [5, 5.41) is 0.779. The van der Waals surface area contributed by atoms with E-state index < -0.39 is 10.0 Å². The number of fused-ring (bicyclic) bond motifs is 1. The van der Waals surface area contributed by atoms with Crippen LogP contribution in [0.5, 0.6) is 0 Å². The molecule has 0 aliphatic carbocycles. The number of nitrogen functional groups attached to an aromatic ring is 1. The van der Waals surface area contributed by atoms with Crippen LogP contribution in [0.2, 0.25) is 0 Å². The van der Waals surface area contributed by atoms with Crippen molar-refractivity contribution in [3.63, 3.8) is 0 Å². The number of nitrogens with zero attached hydrogens (tertiary/aromatic N) is 4. The molecule has 0 bridgehead atoms. The van der Waals surface area contributed by atoms with Gasteiger partial charge in [0.15, 0.2) is 0 Å². The number of nitrogens with two attached hydrogens (primary N) is 1. The van der Waals surface area contributed by atoms with Crippen molar-refractivity contribution in [3.8, 4) is 11.1 Å². The normalized spacial score (nSPS) is 11.7. The molecule has 0 saturated carbocycles. The summed E-state index contributed by atoms with van der Waals surface area (Å²) in [5.41, 5.74) is 7.64. The molecule has 2 N–H and O–H groups in total. The largest absolute Gasteiger partial charge is 0.368 e.